The summed E-state index contributed by atoms with van der Waals surface area (Å²) >= 11 is 0. The Hall–Kier alpha value is -1.58. The van der Waals surface area contributed by atoms with Crippen LogP contribution in [0.4, 0.5) is 0 Å². The highest BCUT2D eigenvalue weighted by atomic mass is 16.5. The molecule has 2 rings (SSSR count). The van der Waals surface area contributed by atoms with Gasteiger partial charge in [0.1, 0.15) is 5.75 Å². The maximum Gasteiger partial charge on any atom is 0.125 e. The van der Waals surface area contributed by atoms with E-state index in [0.717, 1.165) is 30.9 Å². The van der Waals surface area contributed by atoms with E-state index < -0.39 is 6.10 Å². The van der Waals surface area contributed by atoms with E-state index in [1.54, 1.807) is 0 Å². The van der Waals surface area contributed by atoms with Gasteiger partial charge in [0.25, 0.3) is 0 Å². The first kappa shape index (κ1) is 13.8. The molecule has 102 valence electrons. The van der Waals surface area contributed by atoms with Gasteiger partial charge in [-0.3, -0.25) is 4.90 Å². The van der Waals surface area contributed by atoms with Crippen molar-refractivity contribution in [3.63, 3.8) is 0 Å². The van der Waals surface area contributed by atoms with Crippen molar-refractivity contribution in [2.45, 2.75) is 6.10 Å². The molecular formula is C16H21NO2. The largest absolute Gasteiger partial charge is 0.493 e. The fraction of sp³-hybridized carbons (Fsp3) is 0.375. The zero-order valence-corrected chi connectivity index (χ0v) is 11.2. The summed E-state index contributed by atoms with van der Waals surface area (Å²) in [7, 11) is 0. The van der Waals surface area contributed by atoms with Crippen LogP contribution in [0, 0.1) is 5.92 Å². The third-order valence-electron chi connectivity index (χ3n) is 3.40. The number of benzene rings is 1. The minimum atomic E-state index is -0.470. The average molecular weight is 259 g/mol. The molecule has 0 saturated carbocycles. The molecule has 0 radical (unpaired) electrons. The molecular weight excluding hydrogens is 238 g/mol. The summed E-state index contributed by atoms with van der Waals surface area (Å²) in [5, 5.41) is 10.4. The van der Waals surface area contributed by atoms with Crippen LogP contribution in [-0.2, 0) is 0 Å². The highest BCUT2D eigenvalue weighted by Crippen LogP contribution is 2.35. The molecule has 0 aromatic heterocycles. The number of rotatable bonds is 6. The summed E-state index contributed by atoms with van der Waals surface area (Å²) in [6, 6.07) is 7.68. The lowest BCUT2D eigenvalue weighted by molar-refractivity contribution is 0.0327. The van der Waals surface area contributed by atoms with Crippen molar-refractivity contribution < 1.29 is 9.84 Å². The summed E-state index contributed by atoms with van der Waals surface area (Å²) in [6.45, 7) is 10.4. The lowest BCUT2D eigenvalue weighted by atomic mass is 9.93. The molecule has 2 atom stereocenters. The predicted molar refractivity (Wildman–Crippen MR) is 77.2 cm³/mol. The van der Waals surface area contributed by atoms with E-state index in [2.05, 4.69) is 18.1 Å². The lowest BCUT2D eigenvalue weighted by Gasteiger charge is -2.33. The summed E-state index contributed by atoms with van der Waals surface area (Å²) in [6.07, 6.45) is 3.27. The van der Waals surface area contributed by atoms with Crippen LogP contribution >= 0.6 is 0 Å². The Morgan fingerprint density at radius 3 is 2.63 bits per heavy atom. The molecule has 0 fully saturated rings. The van der Waals surface area contributed by atoms with Gasteiger partial charge in [-0.15, -0.1) is 13.2 Å². The summed E-state index contributed by atoms with van der Waals surface area (Å²) < 4.78 is 5.73. The Morgan fingerprint density at radius 2 is 1.95 bits per heavy atom. The number of ether oxygens (including phenoxy) is 1. The fourth-order valence-electron chi connectivity index (χ4n) is 2.47. The maximum absolute atomic E-state index is 10.4. The third-order valence-corrected chi connectivity index (χ3v) is 3.40. The van der Waals surface area contributed by atoms with Crippen LogP contribution in [0.25, 0.3) is 0 Å². The molecule has 1 aromatic rings. The van der Waals surface area contributed by atoms with E-state index >= 15 is 0 Å². The van der Waals surface area contributed by atoms with E-state index in [-0.39, 0.29) is 5.92 Å². The van der Waals surface area contributed by atoms with Crippen molar-refractivity contribution in [2.24, 2.45) is 5.92 Å². The molecule has 0 unspecified atom stereocenters. The van der Waals surface area contributed by atoms with Gasteiger partial charge in [0.2, 0.25) is 0 Å². The van der Waals surface area contributed by atoms with E-state index in [9.17, 15) is 5.11 Å². The molecule has 3 heteroatoms. The van der Waals surface area contributed by atoms with Gasteiger partial charge < -0.3 is 9.84 Å². The van der Waals surface area contributed by atoms with Crippen LogP contribution in [0.3, 0.4) is 0 Å². The van der Waals surface area contributed by atoms with Gasteiger partial charge in [0, 0.05) is 31.1 Å². The minimum absolute atomic E-state index is 0.0785. The standard InChI is InChI=1S/C16H21NO2/c1-3-9-17(10-4-2)11-13-12-19-15-8-6-5-7-14(15)16(13)18/h3-8,13,16,18H,1-2,9-12H2/t13-,16-/m1/s1. The Kier molecular flexibility index (Phi) is 4.77. The van der Waals surface area contributed by atoms with E-state index in [0.29, 0.717) is 6.61 Å². The number of aliphatic hydroxyl groups excluding tert-OH is 1. The van der Waals surface area contributed by atoms with Gasteiger partial charge in [-0.1, -0.05) is 30.4 Å². The number of hydrogen-bond acceptors (Lipinski definition) is 3. The molecule has 1 aliphatic heterocycles. The van der Waals surface area contributed by atoms with Gasteiger partial charge >= 0.3 is 0 Å². The molecule has 0 bridgehead atoms. The van der Waals surface area contributed by atoms with Crippen molar-refractivity contribution in [1.82, 2.24) is 4.90 Å². The molecule has 1 aromatic carbocycles. The van der Waals surface area contributed by atoms with Gasteiger partial charge in [-0.2, -0.15) is 0 Å². The summed E-state index contributed by atoms with van der Waals surface area (Å²) in [4.78, 5) is 2.20. The fourth-order valence-corrected chi connectivity index (χ4v) is 2.47. The predicted octanol–water partition coefficient (Wildman–Crippen LogP) is 2.40. The van der Waals surface area contributed by atoms with Crippen molar-refractivity contribution in [1.29, 1.82) is 0 Å². The zero-order valence-electron chi connectivity index (χ0n) is 11.2. The van der Waals surface area contributed by atoms with Crippen molar-refractivity contribution in [3.05, 3.63) is 55.1 Å². The molecule has 0 aliphatic carbocycles. The molecule has 1 aliphatic rings. The molecule has 1 heterocycles. The van der Waals surface area contributed by atoms with Crippen LogP contribution in [0.5, 0.6) is 5.75 Å². The molecule has 0 spiro atoms. The Bertz CT molecular complexity index is 434. The van der Waals surface area contributed by atoms with Crippen LogP contribution in [-0.4, -0.2) is 36.2 Å². The topological polar surface area (TPSA) is 32.7 Å². The Labute approximate surface area is 114 Å². The normalized spacial score (nSPS) is 21.6. The van der Waals surface area contributed by atoms with Crippen LogP contribution in [0.15, 0.2) is 49.6 Å². The van der Waals surface area contributed by atoms with Crippen molar-refractivity contribution in [2.75, 3.05) is 26.2 Å². The van der Waals surface area contributed by atoms with Crippen LogP contribution < -0.4 is 4.74 Å². The zero-order chi connectivity index (χ0) is 13.7. The van der Waals surface area contributed by atoms with Crippen LogP contribution in [0.2, 0.25) is 0 Å². The first-order chi connectivity index (χ1) is 9.26. The highest BCUT2D eigenvalue weighted by Gasteiger charge is 2.30. The van der Waals surface area contributed by atoms with E-state index in [1.807, 2.05) is 36.4 Å². The third kappa shape index (κ3) is 3.25. The number of aliphatic hydroxyl groups is 1. The van der Waals surface area contributed by atoms with Gasteiger partial charge in [0.05, 0.1) is 12.7 Å². The average Bonchev–Trinajstić information content (AvgIpc) is 2.43. The van der Waals surface area contributed by atoms with E-state index in [1.165, 1.54) is 0 Å². The summed E-state index contributed by atoms with van der Waals surface area (Å²) in [5.41, 5.74) is 0.885. The molecule has 3 nitrogen and oxygen atoms in total. The second-order valence-corrected chi connectivity index (χ2v) is 4.85. The minimum Gasteiger partial charge on any atom is -0.493 e. The smallest absolute Gasteiger partial charge is 0.125 e. The molecule has 1 N–H and O–H groups in total. The second-order valence-electron chi connectivity index (χ2n) is 4.85. The molecule has 19 heavy (non-hydrogen) atoms. The Morgan fingerprint density at radius 1 is 1.26 bits per heavy atom. The number of hydrogen-bond donors (Lipinski definition) is 1. The number of fused-ring (bicyclic) bond motifs is 1. The molecule has 0 saturated heterocycles. The van der Waals surface area contributed by atoms with E-state index in [4.69, 9.17) is 4.74 Å². The highest BCUT2D eigenvalue weighted by molar-refractivity contribution is 5.37. The van der Waals surface area contributed by atoms with Gasteiger partial charge in [0.15, 0.2) is 0 Å². The first-order valence-corrected chi connectivity index (χ1v) is 6.60. The second kappa shape index (κ2) is 6.55. The Balaban J connectivity index is 2.06. The van der Waals surface area contributed by atoms with Gasteiger partial charge in [-0.25, -0.2) is 0 Å². The number of nitrogens with zero attached hydrogens (tertiary/aromatic N) is 1. The van der Waals surface area contributed by atoms with Crippen molar-refractivity contribution >= 4 is 0 Å². The molecule has 0 amide bonds. The first-order valence-electron chi connectivity index (χ1n) is 6.60. The van der Waals surface area contributed by atoms with Crippen molar-refractivity contribution in [3.8, 4) is 5.75 Å². The quantitative estimate of drug-likeness (QED) is 0.796. The van der Waals surface area contributed by atoms with Crippen LogP contribution in [0.1, 0.15) is 11.7 Å². The SMILES string of the molecule is C=CCN(CC=C)C[C@@H]1COc2ccccc2[C@@H]1O. The number of para-hydroxylation sites is 1. The summed E-state index contributed by atoms with van der Waals surface area (Å²) in [5.74, 6) is 0.875. The maximum atomic E-state index is 10.4. The lowest BCUT2D eigenvalue weighted by Crippen LogP contribution is -2.37. The van der Waals surface area contributed by atoms with Gasteiger partial charge in [-0.05, 0) is 6.07 Å². The monoisotopic (exact) mass is 259 g/mol.